The lowest BCUT2D eigenvalue weighted by Crippen LogP contribution is -2.14. The Balaban J connectivity index is 2.52. The molecule has 0 fully saturated rings. The highest BCUT2D eigenvalue weighted by atomic mass is 16.1. The zero-order chi connectivity index (χ0) is 12.5. The van der Waals surface area contributed by atoms with Crippen molar-refractivity contribution in [2.45, 2.75) is 13.8 Å². The molecule has 0 aliphatic rings. The van der Waals surface area contributed by atoms with Gasteiger partial charge < -0.3 is 4.90 Å². The summed E-state index contributed by atoms with van der Waals surface area (Å²) in [7, 11) is 0. The zero-order valence-electron chi connectivity index (χ0n) is 10.5. The summed E-state index contributed by atoms with van der Waals surface area (Å²) in [5.74, 6) is 0.0368. The number of nitrogens with zero attached hydrogens (tertiary/aromatic N) is 1. The number of ketones is 1. The number of rotatable bonds is 6. The van der Waals surface area contributed by atoms with Gasteiger partial charge in [-0.05, 0) is 32.2 Å². The van der Waals surface area contributed by atoms with E-state index in [-0.39, 0.29) is 5.78 Å². The quantitative estimate of drug-likeness (QED) is 0.424. The number of benzene rings is 1. The molecule has 0 unspecified atom stereocenters. The van der Waals surface area contributed by atoms with Crippen LogP contribution in [0.15, 0.2) is 54.8 Å². The van der Waals surface area contributed by atoms with Gasteiger partial charge in [0.2, 0.25) is 0 Å². The largest absolute Gasteiger partial charge is 0.378 e. The van der Waals surface area contributed by atoms with Crippen LogP contribution in [0, 0.1) is 0 Å². The number of hydrogen-bond donors (Lipinski definition) is 0. The Hall–Kier alpha value is -1.83. The Labute approximate surface area is 103 Å². The molecule has 0 aliphatic carbocycles. The van der Waals surface area contributed by atoms with Gasteiger partial charge in [-0.25, -0.2) is 0 Å². The molecule has 0 atom stereocenters. The van der Waals surface area contributed by atoms with Crippen LogP contribution in [0.2, 0.25) is 0 Å². The highest BCUT2D eigenvalue weighted by Gasteiger charge is 1.97. The number of allylic oxidation sites excluding steroid dienone is 3. The van der Waals surface area contributed by atoms with Crippen LogP contribution in [0.25, 0.3) is 0 Å². The monoisotopic (exact) mass is 229 g/mol. The summed E-state index contributed by atoms with van der Waals surface area (Å²) in [6.07, 6.45) is 7.27. The molecule has 1 aromatic carbocycles. The van der Waals surface area contributed by atoms with Crippen molar-refractivity contribution in [3.8, 4) is 0 Å². The minimum atomic E-state index is 0.0368. The summed E-state index contributed by atoms with van der Waals surface area (Å²) < 4.78 is 0. The van der Waals surface area contributed by atoms with Gasteiger partial charge in [0.1, 0.15) is 0 Å². The molecule has 2 heteroatoms. The van der Waals surface area contributed by atoms with Crippen molar-refractivity contribution in [2.24, 2.45) is 0 Å². The van der Waals surface area contributed by atoms with E-state index in [2.05, 4.69) is 18.7 Å². The van der Waals surface area contributed by atoms with Crippen LogP contribution >= 0.6 is 0 Å². The maximum atomic E-state index is 11.7. The van der Waals surface area contributed by atoms with Crippen LogP contribution in [0.4, 0.5) is 0 Å². The second kappa shape index (κ2) is 7.44. The molecule has 0 bridgehead atoms. The summed E-state index contributed by atoms with van der Waals surface area (Å²) in [5.41, 5.74) is 0.722. The lowest BCUT2D eigenvalue weighted by molar-refractivity contribution is 0.104. The van der Waals surface area contributed by atoms with Crippen molar-refractivity contribution in [3.05, 3.63) is 60.3 Å². The second-order valence-corrected chi connectivity index (χ2v) is 3.65. The van der Waals surface area contributed by atoms with Crippen molar-refractivity contribution in [2.75, 3.05) is 13.1 Å². The van der Waals surface area contributed by atoms with Gasteiger partial charge in [-0.15, -0.1) is 0 Å². The first-order chi connectivity index (χ1) is 8.27. The zero-order valence-corrected chi connectivity index (χ0v) is 10.5. The fraction of sp³-hybridized carbons (Fsp3) is 0.267. The molecule has 0 spiro atoms. The molecule has 1 rings (SSSR count). The molecule has 17 heavy (non-hydrogen) atoms. The van der Waals surface area contributed by atoms with Gasteiger partial charge in [0.05, 0.1) is 0 Å². The van der Waals surface area contributed by atoms with Crippen molar-refractivity contribution >= 4 is 5.78 Å². The smallest absolute Gasteiger partial charge is 0.185 e. The second-order valence-electron chi connectivity index (χ2n) is 3.65. The van der Waals surface area contributed by atoms with Crippen LogP contribution in [-0.4, -0.2) is 23.8 Å². The first-order valence-corrected chi connectivity index (χ1v) is 5.96. The molecule has 1 aromatic rings. The molecular formula is C15H19NO. The van der Waals surface area contributed by atoms with E-state index in [0.29, 0.717) is 0 Å². The standard InChI is InChI=1S/C15H19NO/c1-3-16(4-2)13-9-8-12-15(17)14-10-6-5-7-11-14/h5-13H,3-4H2,1-2H3/b12-8+,13-9+. The molecule has 0 saturated heterocycles. The minimum Gasteiger partial charge on any atom is -0.378 e. The number of hydrogen-bond acceptors (Lipinski definition) is 2. The molecular weight excluding hydrogens is 210 g/mol. The highest BCUT2D eigenvalue weighted by molar-refractivity contribution is 6.04. The maximum Gasteiger partial charge on any atom is 0.185 e. The van der Waals surface area contributed by atoms with E-state index in [4.69, 9.17) is 0 Å². The first kappa shape index (κ1) is 13.2. The van der Waals surface area contributed by atoms with E-state index < -0.39 is 0 Å². The molecule has 0 saturated carbocycles. The van der Waals surface area contributed by atoms with Crippen LogP contribution < -0.4 is 0 Å². The summed E-state index contributed by atoms with van der Waals surface area (Å²) in [6.45, 7) is 6.17. The van der Waals surface area contributed by atoms with E-state index in [1.54, 1.807) is 12.2 Å². The van der Waals surface area contributed by atoms with Gasteiger partial charge in [-0.1, -0.05) is 36.4 Å². The summed E-state index contributed by atoms with van der Waals surface area (Å²) >= 11 is 0. The number of carbonyl (C=O) groups excluding carboxylic acids is 1. The molecule has 0 N–H and O–H groups in total. The predicted octanol–water partition coefficient (Wildman–Crippen LogP) is 3.28. The Morgan fingerprint density at radius 3 is 2.35 bits per heavy atom. The SMILES string of the molecule is CCN(/C=C/C=C/C(=O)c1ccccc1)CC. The Morgan fingerprint density at radius 2 is 1.76 bits per heavy atom. The fourth-order valence-corrected chi connectivity index (χ4v) is 1.45. The van der Waals surface area contributed by atoms with E-state index in [1.165, 1.54) is 0 Å². The number of carbonyl (C=O) groups is 1. The van der Waals surface area contributed by atoms with E-state index >= 15 is 0 Å². The van der Waals surface area contributed by atoms with Gasteiger partial charge >= 0.3 is 0 Å². The Morgan fingerprint density at radius 1 is 1.12 bits per heavy atom. The molecule has 0 aromatic heterocycles. The van der Waals surface area contributed by atoms with Crippen molar-refractivity contribution in [3.63, 3.8) is 0 Å². The third-order valence-electron chi connectivity index (χ3n) is 2.53. The summed E-state index contributed by atoms with van der Waals surface area (Å²) in [4.78, 5) is 13.9. The van der Waals surface area contributed by atoms with Crippen molar-refractivity contribution in [1.29, 1.82) is 0 Å². The van der Waals surface area contributed by atoms with Crippen LogP contribution in [0.1, 0.15) is 24.2 Å². The summed E-state index contributed by atoms with van der Waals surface area (Å²) in [5, 5.41) is 0. The lowest BCUT2D eigenvalue weighted by atomic mass is 10.1. The van der Waals surface area contributed by atoms with E-state index in [9.17, 15) is 4.79 Å². The van der Waals surface area contributed by atoms with Gasteiger partial charge in [0.25, 0.3) is 0 Å². The molecule has 0 radical (unpaired) electrons. The Kier molecular flexibility index (Phi) is 5.80. The third kappa shape index (κ3) is 4.68. The molecule has 0 aliphatic heterocycles. The molecule has 0 heterocycles. The van der Waals surface area contributed by atoms with Gasteiger partial charge in [0, 0.05) is 18.7 Å². The predicted molar refractivity (Wildman–Crippen MR) is 72.0 cm³/mol. The normalized spacial score (nSPS) is 11.2. The Bertz CT molecular complexity index is 389. The average molecular weight is 229 g/mol. The fourth-order valence-electron chi connectivity index (χ4n) is 1.45. The van der Waals surface area contributed by atoms with Gasteiger partial charge in [-0.3, -0.25) is 4.79 Å². The van der Waals surface area contributed by atoms with E-state index in [0.717, 1.165) is 18.7 Å². The van der Waals surface area contributed by atoms with Crippen molar-refractivity contribution < 1.29 is 4.79 Å². The van der Waals surface area contributed by atoms with Crippen LogP contribution in [0.3, 0.4) is 0 Å². The third-order valence-corrected chi connectivity index (χ3v) is 2.53. The summed E-state index contributed by atoms with van der Waals surface area (Å²) in [6, 6.07) is 9.28. The van der Waals surface area contributed by atoms with Crippen LogP contribution in [0.5, 0.6) is 0 Å². The molecule has 2 nitrogen and oxygen atoms in total. The van der Waals surface area contributed by atoms with Gasteiger partial charge in [0.15, 0.2) is 5.78 Å². The van der Waals surface area contributed by atoms with Crippen molar-refractivity contribution in [1.82, 2.24) is 4.90 Å². The molecule has 0 amide bonds. The lowest BCUT2D eigenvalue weighted by Gasteiger charge is -2.13. The minimum absolute atomic E-state index is 0.0368. The average Bonchev–Trinajstić information content (AvgIpc) is 2.40. The highest BCUT2D eigenvalue weighted by Crippen LogP contribution is 2.00. The maximum absolute atomic E-state index is 11.7. The molecule has 90 valence electrons. The van der Waals surface area contributed by atoms with Gasteiger partial charge in [-0.2, -0.15) is 0 Å². The van der Waals surface area contributed by atoms with E-state index in [1.807, 2.05) is 42.6 Å². The topological polar surface area (TPSA) is 20.3 Å². The van der Waals surface area contributed by atoms with Crippen LogP contribution in [-0.2, 0) is 0 Å². The first-order valence-electron chi connectivity index (χ1n) is 5.96.